The van der Waals surface area contributed by atoms with Crippen LogP contribution in [0.3, 0.4) is 0 Å². The lowest BCUT2D eigenvalue weighted by atomic mass is 10.2. The van der Waals surface area contributed by atoms with Crippen LogP contribution in [0.25, 0.3) is 0 Å². The fourth-order valence-electron chi connectivity index (χ4n) is 1.87. The Hall–Kier alpha value is -3.35. The Morgan fingerprint density at radius 1 is 1.20 bits per heavy atom. The van der Waals surface area contributed by atoms with E-state index in [1.54, 1.807) is 43.3 Å². The predicted octanol–water partition coefficient (Wildman–Crippen LogP) is 2.10. The van der Waals surface area contributed by atoms with E-state index >= 15 is 0 Å². The van der Waals surface area contributed by atoms with Gasteiger partial charge in [-0.25, -0.2) is 10.2 Å². The van der Waals surface area contributed by atoms with Gasteiger partial charge in [0.1, 0.15) is 11.5 Å². The second-order valence-electron chi connectivity index (χ2n) is 4.92. The van der Waals surface area contributed by atoms with Gasteiger partial charge in [-0.15, -0.1) is 0 Å². The number of aromatic hydroxyl groups is 1. The van der Waals surface area contributed by atoms with Crippen LogP contribution in [0, 0.1) is 0 Å². The van der Waals surface area contributed by atoms with E-state index in [2.05, 4.69) is 10.5 Å². The summed E-state index contributed by atoms with van der Waals surface area (Å²) in [5, 5.41) is 13.1. The van der Waals surface area contributed by atoms with Gasteiger partial charge in [-0.3, -0.25) is 4.79 Å². The Bertz CT molecular complexity index is 756. The minimum Gasteiger partial charge on any atom is -0.508 e. The molecular weight excluding hydrogens is 324 g/mol. The molecule has 0 atom stereocenters. The molecule has 0 aromatic heterocycles. The molecule has 2 rings (SSSR count). The monoisotopic (exact) mass is 342 g/mol. The number of hydrogen-bond donors (Lipinski definition) is 2. The SMILES string of the molecule is CCOC(=O)c1ccc(OCC(=O)N/N=C/c2cccc(O)c2)cc1. The lowest BCUT2D eigenvalue weighted by molar-refractivity contribution is -0.123. The summed E-state index contributed by atoms with van der Waals surface area (Å²) in [5.74, 6) is -0.288. The number of hydrazone groups is 1. The van der Waals surface area contributed by atoms with Crippen LogP contribution in [0.15, 0.2) is 53.6 Å². The minimum absolute atomic E-state index is 0.116. The summed E-state index contributed by atoms with van der Waals surface area (Å²) in [4.78, 5) is 23.2. The van der Waals surface area contributed by atoms with Crippen LogP contribution in [-0.4, -0.2) is 36.4 Å². The summed E-state index contributed by atoms with van der Waals surface area (Å²) in [6.07, 6.45) is 1.41. The average Bonchev–Trinajstić information content (AvgIpc) is 2.61. The van der Waals surface area contributed by atoms with Gasteiger partial charge in [0, 0.05) is 0 Å². The minimum atomic E-state index is -0.439. The van der Waals surface area contributed by atoms with Crippen LogP contribution in [0.2, 0.25) is 0 Å². The highest BCUT2D eigenvalue weighted by Crippen LogP contribution is 2.13. The van der Waals surface area contributed by atoms with E-state index in [0.717, 1.165) is 0 Å². The van der Waals surface area contributed by atoms with Crippen molar-refractivity contribution in [2.45, 2.75) is 6.92 Å². The number of ether oxygens (including phenoxy) is 2. The molecule has 0 aliphatic heterocycles. The lowest BCUT2D eigenvalue weighted by Crippen LogP contribution is -2.24. The standard InChI is InChI=1S/C18H18N2O5/c1-2-24-18(23)14-6-8-16(9-7-14)25-12-17(22)20-19-11-13-4-3-5-15(21)10-13/h3-11,21H,2,12H2,1H3,(H,20,22)/b19-11+. The lowest BCUT2D eigenvalue weighted by Gasteiger charge is -2.06. The zero-order valence-electron chi connectivity index (χ0n) is 13.6. The maximum atomic E-state index is 11.7. The third kappa shape index (κ3) is 5.98. The van der Waals surface area contributed by atoms with Crippen molar-refractivity contribution in [1.29, 1.82) is 0 Å². The molecule has 130 valence electrons. The molecule has 0 saturated heterocycles. The molecule has 1 amide bonds. The Balaban J connectivity index is 1.78. The highest BCUT2D eigenvalue weighted by molar-refractivity contribution is 5.89. The van der Waals surface area contributed by atoms with Gasteiger partial charge < -0.3 is 14.6 Å². The van der Waals surface area contributed by atoms with Gasteiger partial charge in [-0.1, -0.05) is 12.1 Å². The molecule has 7 nitrogen and oxygen atoms in total. The normalized spacial score (nSPS) is 10.4. The zero-order valence-corrected chi connectivity index (χ0v) is 13.6. The molecule has 25 heavy (non-hydrogen) atoms. The third-order valence-electron chi connectivity index (χ3n) is 3.01. The molecule has 0 aliphatic rings. The Morgan fingerprint density at radius 3 is 2.64 bits per heavy atom. The number of esters is 1. The van der Waals surface area contributed by atoms with Crippen LogP contribution < -0.4 is 10.2 Å². The van der Waals surface area contributed by atoms with Crippen molar-refractivity contribution < 1.29 is 24.2 Å². The molecule has 0 aliphatic carbocycles. The molecule has 2 N–H and O–H groups in total. The van der Waals surface area contributed by atoms with E-state index in [4.69, 9.17) is 9.47 Å². The second kappa shape index (κ2) is 9.07. The number of hydrogen-bond acceptors (Lipinski definition) is 6. The molecule has 0 radical (unpaired) electrons. The van der Waals surface area contributed by atoms with Crippen LogP contribution in [0.5, 0.6) is 11.5 Å². The summed E-state index contributed by atoms with van der Waals surface area (Å²) < 4.78 is 10.2. The average molecular weight is 342 g/mol. The van der Waals surface area contributed by atoms with Crippen LogP contribution in [0.4, 0.5) is 0 Å². The molecule has 0 heterocycles. The molecule has 7 heteroatoms. The first kappa shape index (κ1) is 18.0. The Labute approximate surface area is 144 Å². The molecule has 2 aromatic carbocycles. The van der Waals surface area contributed by atoms with Crippen molar-refractivity contribution in [3.63, 3.8) is 0 Å². The largest absolute Gasteiger partial charge is 0.508 e. The summed E-state index contributed by atoms with van der Waals surface area (Å²) in [6, 6.07) is 12.7. The van der Waals surface area contributed by atoms with E-state index < -0.39 is 11.9 Å². The molecule has 0 saturated carbocycles. The second-order valence-corrected chi connectivity index (χ2v) is 4.92. The number of nitrogens with one attached hydrogen (secondary N) is 1. The molecule has 0 unspecified atom stereocenters. The van der Waals surface area contributed by atoms with Gasteiger partial charge >= 0.3 is 5.97 Å². The number of nitrogens with zero attached hydrogens (tertiary/aromatic N) is 1. The first-order valence-electron chi connectivity index (χ1n) is 7.59. The molecule has 0 fully saturated rings. The van der Waals surface area contributed by atoms with E-state index in [-0.39, 0.29) is 12.4 Å². The highest BCUT2D eigenvalue weighted by atomic mass is 16.5. The fourth-order valence-corrected chi connectivity index (χ4v) is 1.87. The van der Waals surface area contributed by atoms with E-state index in [9.17, 15) is 14.7 Å². The molecular formula is C18H18N2O5. The van der Waals surface area contributed by atoms with E-state index in [1.165, 1.54) is 18.3 Å². The number of benzene rings is 2. The summed E-state index contributed by atoms with van der Waals surface area (Å²) >= 11 is 0. The van der Waals surface area contributed by atoms with Crippen LogP contribution in [0.1, 0.15) is 22.8 Å². The first-order valence-corrected chi connectivity index (χ1v) is 7.59. The van der Waals surface area contributed by atoms with Crippen molar-refractivity contribution in [3.05, 3.63) is 59.7 Å². The van der Waals surface area contributed by atoms with E-state index in [1.807, 2.05) is 0 Å². The number of rotatable bonds is 7. The molecule has 2 aromatic rings. The first-order chi connectivity index (χ1) is 12.1. The van der Waals surface area contributed by atoms with E-state index in [0.29, 0.717) is 23.5 Å². The van der Waals surface area contributed by atoms with Crippen LogP contribution >= 0.6 is 0 Å². The number of carbonyl (C=O) groups is 2. The van der Waals surface area contributed by atoms with Gasteiger partial charge in [0.15, 0.2) is 6.61 Å². The van der Waals surface area contributed by atoms with Crippen molar-refractivity contribution in [2.75, 3.05) is 13.2 Å². The van der Waals surface area contributed by atoms with Crippen LogP contribution in [-0.2, 0) is 9.53 Å². The maximum Gasteiger partial charge on any atom is 0.338 e. The fraction of sp³-hybridized carbons (Fsp3) is 0.167. The predicted molar refractivity (Wildman–Crippen MR) is 91.7 cm³/mol. The maximum absolute atomic E-state index is 11.7. The van der Waals surface area contributed by atoms with Crippen molar-refractivity contribution >= 4 is 18.1 Å². The van der Waals surface area contributed by atoms with Gasteiger partial charge in [0.05, 0.1) is 18.4 Å². The Morgan fingerprint density at radius 2 is 1.96 bits per heavy atom. The summed E-state index contributed by atoms with van der Waals surface area (Å²) in [7, 11) is 0. The number of carbonyl (C=O) groups excluding carboxylic acids is 2. The summed E-state index contributed by atoms with van der Waals surface area (Å²) in [5.41, 5.74) is 3.38. The van der Waals surface area contributed by atoms with Gasteiger partial charge in [-0.2, -0.15) is 5.10 Å². The van der Waals surface area contributed by atoms with Crippen molar-refractivity contribution in [1.82, 2.24) is 5.43 Å². The molecule has 0 spiro atoms. The topological polar surface area (TPSA) is 97.2 Å². The van der Waals surface area contributed by atoms with Gasteiger partial charge in [-0.05, 0) is 48.9 Å². The number of phenolic OH excluding ortho intramolecular Hbond substituents is 1. The molecule has 0 bridgehead atoms. The quantitative estimate of drug-likeness (QED) is 0.456. The van der Waals surface area contributed by atoms with Gasteiger partial charge in [0.25, 0.3) is 5.91 Å². The van der Waals surface area contributed by atoms with Crippen molar-refractivity contribution in [2.24, 2.45) is 5.10 Å². The zero-order chi connectivity index (χ0) is 18.1. The highest BCUT2D eigenvalue weighted by Gasteiger charge is 2.07. The number of phenols is 1. The Kier molecular flexibility index (Phi) is 6.53. The van der Waals surface area contributed by atoms with Gasteiger partial charge in [0.2, 0.25) is 0 Å². The third-order valence-corrected chi connectivity index (χ3v) is 3.01. The summed E-state index contributed by atoms with van der Waals surface area (Å²) in [6.45, 7) is 1.81. The smallest absolute Gasteiger partial charge is 0.338 e. The number of amides is 1. The van der Waals surface area contributed by atoms with Crippen molar-refractivity contribution in [3.8, 4) is 11.5 Å².